The maximum absolute atomic E-state index is 12.4. The van der Waals surface area contributed by atoms with Crippen LogP contribution in [0.15, 0.2) is 170 Å². The largest absolute Gasteiger partial charge is 0.457 e. The molecular formula is C78H89N19O7. The average molecular weight is 1400 g/mol. The topological polar surface area (TPSA) is 317 Å². The highest BCUT2D eigenvalue weighted by Gasteiger charge is 2.33. The number of ether oxygens (including phenoxy) is 5. The first kappa shape index (κ1) is 71.2. The molecule has 6 aromatic carbocycles. The summed E-state index contributed by atoms with van der Waals surface area (Å²) in [4.78, 5) is 49.0. The quantitative estimate of drug-likeness (QED) is 0.0486. The first-order valence-electron chi connectivity index (χ1n) is 35.6. The molecule has 1 amide bonds. The Hall–Kier alpha value is -11.2. The predicted octanol–water partition coefficient (Wildman–Crippen LogP) is 13.7. The van der Waals surface area contributed by atoms with Crippen LogP contribution in [0.3, 0.4) is 0 Å². The van der Waals surface area contributed by atoms with Gasteiger partial charge in [-0.15, -0.1) is 0 Å². The molecule has 8 heterocycles. The number of anilines is 4. The highest BCUT2D eigenvalue weighted by Crippen LogP contribution is 2.40. The van der Waals surface area contributed by atoms with Crippen LogP contribution < -0.4 is 37.1 Å². The number of carbonyl (C=O) groups is 1. The number of aromatic nitrogens is 12. The van der Waals surface area contributed by atoms with Crippen LogP contribution in [0, 0.1) is 6.92 Å². The second-order valence-corrected chi connectivity index (χ2v) is 26.1. The van der Waals surface area contributed by atoms with Gasteiger partial charge in [-0.05, 0) is 161 Å². The van der Waals surface area contributed by atoms with Gasteiger partial charge in [0, 0.05) is 69.0 Å². The summed E-state index contributed by atoms with van der Waals surface area (Å²) in [6.07, 6.45) is 8.56. The molecule has 0 radical (unpaired) electrons. The second kappa shape index (κ2) is 33.3. The predicted molar refractivity (Wildman–Crippen MR) is 403 cm³/mol. The van der Waals surface area contributed by atoms with Gasteiger partial charge in [0.1, 0.15) is 81.2 Å². The smallest absolute Gasteiger partial charge is 0.224 e. The van der Waals surface area contributed by atoms with Crippen LogP contribution in [0.5, 0.6) is 34.5 Å². The Kier molecular flexibility index (Phi) is 22.8. The fraction of sp³-hybridized carbons (Fsp3) is 0.333. The summed E-state index contributed by atoms with van der Waals surface area (Å²) in [5.41, 5.74) is 32.0. The zero-order valence-electron chi connectivity index (χ0n) is 59.4. The molecule has 15 rings (SSSR count). The summed E-state index contributed by atoms with van der Waals surface area (Å²) in [5.74, 6) is 6.67. The lowest BCUT2D eigenvalue weighted by Crippen LogP contribution is -2.39. The lowest BCUT2D eigenvalue weighted by molar-refractivity contribution is -0.132. The number of fused-ring (bicyclic) bond motifs is 3. The van der Waals surface area contributed by atoms with Crippen LogP contribution in [0.1, 0.15) is 96.1 Å². The molecule has 8 N–H and O–H groups in total. The molecule has 538 valence electrons. The van der Waals surface area contributed by atoms with Gasteiger partial charge in [-0.3, -0.25) is 14.5 Å². The Balaban J connectivity index is 0.000000139. The molecule has 2 unspecified atom stereocenters. The second-order valence-electron chi connectivity index (χ2n) is 26.1. The van der Waals surface area contributed by atoms with Gasteiger partial charge in [-0.1, -0.05) is 75.4 Å². The standard InChI is InChI=1S/C28H33N7O2.C27H32N6O3.C23H24N6O2/c1-3-7-23(36)34(2)19-12-14-20(15-13-19)35-27-24(26(29)31-28(30)32-27)25(33-35)18-10-16-22(17-11-18)37-21-8-5-4-6-9-21;1-3-14-35-18-32-13-15-34-17-21(16-32)33-27-24(26(28)29-19(2)30-27)25(31-33)20-9-11-23(12-10-20)36-22-7-5-4-6-8-22;1-2-12-28-13-17(14-30-28)29-23-20(22(24)25-15-26-23)21(27-29)16-8-10-19(11-9-16)31-18-6-4-3-5-7-18/h4-6,8-11,16-17,19-20H,3,7,12-15H2,1-2H3,(H4,29,30,31,32);4-12,21H,3,13-18H2,1-2H3,(H2,28,29,30);3-11,15,17H,2,12-14H2,1H3,(H2,24,25,26). The van der Waals surface area contributed by atoms with Gasteiger partial charge in [0.25, 0.3) is 0 Å². The molecule has 0 bridgehead atoms. The molecule has 0 spiro atoms. The molecule has 3 fully saturated rings. The molecule has 3 aliphatic rings. The van der Waals surface area contributed by atoms with E-state index >= 15 is 0 Å². The third kappa shape index (κ3) is 16.7. The number of benzene rings is 6. The number of para-hydroxylation sites is 3. The van der Waals surface area contributed by atoms with Gasteiger partial charge in [0.05, 0.1) is 60.8 Å². The van der Waals surface area contributed by atoms with E-state index in [9.17, 15) is 4.79 Å². The number of nitrogens with zero attached hydrogens (tertiary/aromatic N) is 15. The van der Waals surface area contributed by atoms with Crippen molar-refractivity contribution >= 4 is 62.4 Å². The third-order valence-corrected chi connectivity index (χ3v) is 18.5. The molecular weight excluding hydrogens is 1310 g/mol. The van der Waals surface area contributed by atoms with Gasteiger partial charge in [-0.2, -0.15) is 30.3 Å². The number of hydrogen-bond acceptors (Lipinski definition) is 22. The third-order valence-electron chi connectivity index (χ3n) is 18.5. The Morgan fingerprint density at radius 2 is 1.00 bits per heavy atom. The average Bonchev–Trinajstić information content (AvgIpc) is 1.54. The molecule has 2 aliphatic heterocycles. The van der Waals surface area contributed by atoms with E-state index in [4.69, 9.17) is 71.7 Å². The highest BCUT2D eigenvalue weighted by atomic mass is 16.7. The van der Waals surface area contributed by atoms with Crippen molar-refractivity contribution in [3.8, 4) is 68.3 Å². The minimum absolute atomic E-state index is 0.0386. The van der Waals surface area contributed by atoms with E-state index in [1.165, 1.54) is 6.33 Å². The Morgan fingerprint density at radius 3 is 1.52 bits per heavy atom. The molecule has 2 atom stereocenters. The van der Waals surface area contributed by atoms with Crippen LogP contribution in [-0.4, -0.2) is 152 Å². The van der Waals surface area contributed by atoms with Crippen molar-refractivity contribution in [1.29, 1.82) is 0 Å². The summed E-state index contributed by atoms with van der Waals surface area (Å²) in [7, 11) is 1.92. The van der Waals surface area contributed by atoms with Gasteiger partial charge in [-0.25, -0.2) is 34.0 Å². The highest BCUT2D eigenvalue weighted by molar-refractivity contribution is 6.00. The normalized spacial score (nSPS) is 17.0. The number of aryl methyl sites for hydroxylation is 1. The number of nitrogen functional groups attached to an aromatic ring is 4. The lowest BCUT2D eigenvalue weighted by atomic mass is 9.90. The number of amides is 1. The maximum atomic E-state index is 12.4. The monoisotopic (exact) mass is 1400 g/mol. The molecule has 12 aromatic rings. The van der Waals surface area contributed by atoms with Crippen molar-refractivity contribution in [2.75, 3.05) is 89.3 Å². The summed E-state index contributed by atoms with van der Waals surface area (Å²) in [6, 6.07) is 52.9. The number of hydrogen-bond donors (Lipinski definition) is 4. The minimum Gasteiger partial charge on any atom is -0.457 e. The number of rotatable bonds is 21. The van der Waals surface area contributed by atoms with E-state index in [1.54, 1.807) is 0 Å². The van der Waals surface area contributed by atoms with Gasteiger partial charge < -0.3 is 51.5 Å². The van der Waals surface area contributed by atoms with E-state index < -0.39 is 0 Å². The molecule has 26 nitrogen and oxygen atoms in total. The molecule has 2 saturated heterocycles. The van der Waals surface area contributed by atoms with Crippen molar-refractivity contribution in [3.63, 3.8) is 0 Å². The van der Waals surface area contributed by atoms with Crippen molar-refractivity contribution in [2.24, 2.45) is 0 Å². The van der Waals surface area contributed by atoms with E-state index in [0.717, 1.165) is 162 Å². The Morgan fingerprint density at radius 1 is 0.519 bits per heavy atom. The van der Waals surface area contributed by atoms with E-state index in [2.05, 4.69) is 43.7 Å². The lowest BCUT2D eigenvalue weighted by Gasteiger charge is -2.35. The SMILES string of the molecule is CCCC(=O)N(C)C1CCC(n2nc(-c3ccc(Oc4ccccc4)cc3)c3c(N)nc(N)nc32)CC1.CCCN1CC(n2nc(-c3ccc(Oc4ccccc4)cc3)c3c(N)ncnc32)CO1.CCCOCN1CCOCC(n2nc(-c3ccc(Oc4ccccc4)cc3)c3c(N)nc(C)nc32)C1. The van der Waals surface area contributed by atoms with Crippen molar-refractivity contribution in [3.05, 3.63) is 176 Å². The van der Waals surface area contributed by atoms with E-state index in [0.29, 0.717) is 72.9 Å². The van der Waals surface area contributed by atoms with Crippen molar-refractivity contribution in [2.45, 2.75) is 103 Å². The fourth-order valence-corrected chi connectivity index (χ4v) is 13.4. The number of carbonyl (C=O) groups excluding carboxylic acids is 1. The van der Waals surface area contributed by atoms with Crippen LogP contribution in [0.25, 0.3) is 66.9 Å². The summed E-state index contributed by atoms with van der Waals surface area (Å²) < 4.78 is 35.4. The molecule has 104 heavy (non-hydrogen) atoms. The fourth-order valence-electron chi connectivity index (χ4n) is 13.4. The first-order chi connectivity index (χ1) is 50.8. The number of nitrogens with two attached hydrogens (primary N) is 4. The van der Waals surface area contributed by atoms with Crippen molar-refractivity contribution in [1.82, 2.24) is 74.1 Å². The maximum Gasteiger partial charge on any atom is 0.224 e. The summed E-state index contributed by atoms with van der Waals surface area (Å²) in [6.45, 7) is 14.4. The zero-order valence-corrected chi connectivity index (χ0v) is 59.4. The molecule has 6 aromatic heterocycles. The van der Waals surface area contributed by atoms with Crippen molar-refractivity contribution < 1.29 is 33.3 Å². The van der Waals surface area contributed by atoms with Crippen LogP contribution >= 0.6 is 0 Å². The zero-order chi connectivity index (χ0) is 72.1. The molecule has 1 saturated carbocycles. The Labute approximate surface area is 603 Å². The van der Waals surface area contributed by atoms with Gasteiger partial charge in [0.2, 0.25) is 11.9 Å². The van der Waals surface area contributed by atoms with Gasteiger partial charge in [0.15, 0.2) is 16.9 Å². The van der Waals surface area contributed by atoms with Crippen LogP contribution in [-0.2, 0) is 19.1 Å². The summed E-state index contributed by atoms with van der Waals surface area (Å²) in [5, 5.41) is 19.1. The van der Waals surface area contributed by atoms with Crippen LogP contribution in [0.2, 0.25) is 0 Å². The van der Waals surface area contributed by atoms with Crippen LogP contribution in [0.4, 0.5) is 23.4 Å². The van der Waals surface area contributed by atoms with E-state index in [1.807, 2.05) is 209 Å². The Bertz CT molecular complexity index is 4810. The summed E-state index contributed by atoms with van der Waals surface area (Å²) >= 11 is 0. The minimum atomic E-state index is -0.0386. The number of hydroxylamine groups is 2. The molecule has 1 aliphatic carbocycles. The van der Waals surface area contributed by atoms with E-state index in [-0.39, 0.29) is 36.0 Å². The molecule has 26 heteroatoms. The van der Waals surface area contributed by atoms with Gasteiger partial charge >= 0.3 is 0 Å². The first-order valence-corrected chi connectivity index (χ1v) is 35.6.